The topological polar surface area (TPSA) is 90.2 Å². The Morgan fingerprint density at radius 1 is 1.20 bits per heavy atom. The van der Waals surface area contributed by atoms with E-state index in [1.54, 1.807) is 12.1 Å². The third-order valence-corrected chi connectivity index (χ3v) is 8.76. The number of benzene rings is 2. The molecule has 1 fully saturated rings. The molecule has 4 rings (SSSR count). The second kappa shape index (κ2) is 10.5. The summed E-state index contributed by atoms with van der Waals surface area (Å²) in [7, 11) is -0.816. The van der Waals surface area contributed by atoms with Crippen LogP contribution in [0.15, 0.2) is 46.3 Å². The third-order valence-electron chi connectivity index (χ3n) is 5.85. The van der Waals surface area contributed by atoms with E-state index >= 15 is 0 Å². The highest BCUT2D eigenvalue weighted by Gasteiger charge is 2.33. The molecule has 1 atom stereocenters. The Labute approximate surface area is 205 Å². The molecule has 3 aromatic rings. The number of ether oxygens (including phenoxy) is 2. The van der Waals surface area contributed by atoms with Crippen molar-refractivity contribution in [3.63, 3.8) is 0 Å². The largest absolute Gasteiger partial charge is 0.497 e. The van der Waals surface area contributed by atoms with E-state index in [-0.39, 0.29) is 34.9 Å². The number of carbonyl (C=O) groups excluding carboxylic acids is 1. The zero-order valence-electron chi connectivity index (χ0n) is 19.2. The lowest BCUT2D eigenvalue weighted by Crippen LogP contribution is -2.42. The van der Waals surface area contributed by atoms with Gasteiger partial charge in [-0.05, 0) is 43.2 Å². The van der Waals surface area contributed by atoms with Gasteiger partial charge in [0.25, 0.3) is 5.91 Å². The maximum atomic E-state index is 14.5. The van der Waals surface area contributed by atoms with Crippen molar-refractivity contribution in [2.24, 2.45) is 10.9 Å². The van der Waals surface area contributed by atoms with E-state index in [1.807, 2.05) is 0 Å². The molecule has 8 nitrogen and oxygen atoms in total. The Morgan fingerprint density at radius 2 is 1.94 bits per heavy atom. The van der Waals surface area contributed by atoms with Crippen molar-refractivity contribution in [1.29, 1.82) is 0 Å². The minimum atomic E-state index is -3.80. The Balaban J connectivity index is 1.63. The molecule has 1 aromatic heterocycles. The minimum absolute atomic E-state index is 0.0113. The Bertz CT molecular complexity index is 1400. The highest BCUT2D eigenvalue weighted by Crippen LogP contribution is 2.26. The van der Waals surface area contributed by atoms with Crippen LogP contribution in [0.25, 0.3) is 10.2 Å². The second-order valence-corrected chi connectivity index (χ2v) is 11.0. The van der Waals surface area contributed by atoms with Crippen molar-refractivity contribution in [2.75, 3.05) is 33.9 Å². The summed E-state index contributed by atoms with van der Waals surface area (Å²) in [4.78, 5) is 17.6. The third kappa shape index (κ3) is 5.30. The normalized spacial score (nSPS) is 17.7. The van der Waals surface area contributed by atoms with Crippen molar-refractivity contribution < 1.29 is 31.5 Å². The standard InChI is InChI=1S/C23H25F2N3O5S2/c1-32-11-10-28-21-19(25)12-16(24)13-20(21)34-23(28)26-22(29)15-4-3-9-27(14-15)35(30,31)18-7-5-17(33-2)6-8-18/h5-8,12-13,15H,3-4,9-11,14H2,1-2H3. The number of hydrogen-bond donors (Lipinski definition) is 0. The number of amides is 1. The molecule has 1 aliphatic heterocycles. The van der Waals surface area contributed by atoms with Crippen LogP contribution in [0.5, 0.6) is 5.75 Å². The molecule has 0 bridgehead atoms. The summed E-state index contributed by atoms with van der Waals surface area (Å²) < 4.78 is 67.8. The number of thiazole rings is 1. The number of methoxy groups -OCH3 is 2. The lowest BCUT2D eigenvalue weighted by atomic mass is 9.99. The van der Waals surface area contributed by atoms with E-state index in [0.29, 0.717) is 29.8 Å². The fourth-order valence-corrected chi connectivity index (χ4v) is 6.67. The highest BCUT2D eigenvalue weighted by molar-refractivity contribution is 7.89. The van der Waals surface area contributed by atoms with Crippen LogP contribution < -0.4 is 9.54 Å². The molecule has 1 aliphatic rings. The van der Waals surface area contributed by atoms with Crippen molar-refractivity contribution >= 4 is 37.5 Å². The van der Waals surface area contributed by atoms with Gasteiger partial charge in [0.15, 0.2) is 10.6 Å². The Kier molecular flexibility index (Phi) is 7.64. The molecular formula is C23H25F2N3O5S2. The van der Waals surface area contributed by atoms with Crippen LogP contribution in [0.4, 0.5) is 8.78 Å². The zero-order valence-corrected chi connectivity index (χ0v) is 20.9. The molecule has 188 valence electrons. The zero-order chi connectivity index (χ0) is 25.2. The molecule has 0 aliphatic carbocycles. The van der Waals surface area contributed by atoms with Crippen molar-refractivity contribution in [3.05, 3.63) is 52.8 Å². The molecule has 2 heterocycles. The Morgan fingerprint density at radius 3 is 2.63 bits per heavy atom. The van der Waals surface area contributed by atoms with Gasteiger partial charge in [-0.25, -0.2) is 17.2 Å². The van der Waals surface area contributed by atoms with Crippen LogP contribution in [0.1, 0.15) is 12.8 Å². The summed E-state index contributed by atoms with van der Waals surface area (Å²) in [6, 6.07) is 8.04. The Hall–Kier alpha value is -2.67. The van der Waals surface area contributed by atoms with Crippen LogP contribution in [-0.4, -0.2) is 57.1 Å². The van der Waals surface area contributed by atoms with Gasteiger partial charge in [-0.15, -0.1) is 0 Å². The van der Waals surface area contributed by atoms with E-state index in [9.17, 15) is 22.0 Å². The number of rotatable bonds is 7. The SMILES string of the molecule is COCCn1c(=NC(=O)C2CCCN(S(=O)(=O)c3ccc(OC)cc3)C2)sc2cc(F)cc(F)c21. The first-order chi connectivity index (χ1) is 16.7. The van der Waals surface area contributed by atoms with Crippen LogP contribution in [0.2, 0.25) is 0 Å². The summed E-state index contributed by atoms with van der Waals surface area (Å²) in [6.45, 7) is 0.733. The van der Waals surface area contributed by atoms with E-state index in [1.165, 1.54) is 41.3 Å². The quantitative estimate of drug-likeness (QED) is 0.473. The lowest BCUT2D eigenvalue weighted by Gasteiger charge is -2.30. The van der Waals surface area contributed by atoms with E-state index < -0.39 is 33.5 Å². The number of nitrogens with zero attached hydrogens (tertiary/aromatic N) is 3. The van der Waals surface area contributed by atoms with E-state index in [4.69, 9.17) is 9.47 Å². The van der Waals surface area contributed by atoms with Gasteiger partial charge in [0.2, 0.25) is 10.0 Å². The van der Waals surface area contributed by atoms with Gasteiger partial charge >= 0.3 is 0 Å². The van der Waals surface area contributed by atoms with Gasteiger partial charge in [0, 0.05) is 32.8 Å². The number of carbonyl (C=O) groups is 1. The average Bonchev–Trinajstić information content (AvgIpc) is 3.19. The predicted octanol–water partition coefficient (Wildman–Crippen LogP) is 3.16. The molecule has 1 unspecified atom stereocenters. The van der Waals surface area contributed by atoms with Crippen molar-refractivity contribution in [2.45, 2.75) is 24.3 Å². The maximum Gasteiger partial charge on any atom is 0.252 e. The minimum Gasteiger partial charge on any atom is -0.497 e. The molecule has 0 radical (unpaired) electrons. The van der Waals surface area contributed by atoms with Crippen LogP contribution >= 0.6 is 11.3 Å². The van der Waals surface area contributed by atoms with E-state index in [0.717, 1.165) is 17.4 Å². The first-order valence-corrected chi connectivity index (χ1v) is 13.2. The summed E-state index contributed by atoms with van der Waals surface area (Å²) in [6.07, 6.45) is 0.972. The lowest BCUT2D eigenvalue weighted by molar-refractivity contribution is -0.122. The summed E-state index contributed by atoms with van der Waals surface area (Å²) in [5.41, 5.74) is 0.146. The molecule has 0 N–H and O–H groups in total. The number of aromatic nitrogens is 1. The van der Waals surface area contributed by atoms with Crippen LogP contribution in [0.3, 0.4) is 0 Å². The number of fused-ring (bicyclic) bond motifs is 1. The maximum absolute atomic E-state index is 14.5. The summed E-state index contributed by atoms with van der Waals surface area (Å²) >= 11 is 0.998. The molecule has 0 saturated carbocycles. The molecule has 1 saturated heterocycles. The second-order valence-electron chi connectivity index (χ2n) is 8.09. The molecule has 2 aromatic carbocycles. The molecule has 0 spiro atoms. The predicted molar refractivity (Wildman–Crippen MR) is 127 cm³/mol. The summed E-state index contributed by atoms with van der Waals surface area (Å²) in [5, 5.41) is 0. The average molecular weight is 526 g/mol. The van der Waals surface area contributed by atoms with Crippen molar-refractivity contribution in [3.8, 4) is 5.75 Å². The number of piperidine rings is 1. The van der Waals surface area contributed by atoms with Gasteiger partial charge in [0.05, 0.1) is 34.7 Å². The number of hydrogen-bond acceptors (Lipinski definition) is 6. The van der Waals surface area contributed by atoms with E-state index in [2.05, 4.69) is 4.99 Å². The van der Waals surface area contributed by atoms with Crippen molar-refractivity contribution in [1.82, 2.24) is 8.87 Å². The summed E-state index contributed by atoms with van der Waals surface area (Å²) in [5.74, 6) is -2.09. The van der Waals surface area contributed by atoms with Gasteiger partial charge in [-0.3, -0.25) is 4.79 Å². The first-order valence-electron chi connectivity index (χ1n) is 10.9. The van der Waals surface area contributed by atoms with Gasteiger partial charge < -0.3 is 14.0 Å². The number of halogens is 2. The highest BCUT2D eigenvalue weighted by atomic mass is 32.2. The van der Waals surface area contributed by atoms with Gasteiger partial charge in [-0.1, -0.05) is 11.3 Å². The smallest absolute Gasteiger partial charge is 0.252 e. The monoisotopic (exact) mass is 525 g/mol. The van der Waals surface area contributed by atoms with Gasteiger partial charge in [-0.2, -0.15) is 9.30 Å². The molecule has 35 heavy (non-hydrogen) atoms. The number of sulfonamides is 1. The van der Waals surface area contributed by atoms with Gasteiger partial charge in [0.1, 0.15) is 11.6 Å². The first kappa shape index (κ1) is 25.4. The van der Waals surface area contributed by atoms with Crippen LogP contribution in [-0.2, 0) is 26.1 Å². The fourth-order valence-electron chi connectivity index (χ4n) is 4.05. The molecule has 12 heteroatoms. The fraction of sp³-hybridized carbons (Fsp3) is 0.391. The van der Waals surface area contributed by atoms with Crippen LogP contribution in [0, 0.1) is 17.6 Å². The molecular weight excluding hydrogens is 500 g/mol. The molecule has 1 amide bonds.